The molecule has 1 aromatic carbocycles. The number of nitriles is 1. The standard InChI is InChI=1S/C14H14N2O3/c1-16(9-3-8-15)14(19)12-5-2-4-11(10-12)6-7-13(17)18/h2,4-7,10H,3,9H2,1H3,(H,17,18)/b7-6+. The Morgan fingerprint density at radius 3 is 2.84 bits per heavy atom. The number of carbonyl (C=O) groups is 2. The summed E-state index contributed by atoms with van der Waals surface area (Å²) < 4.78 is 0. The smallest absolute Gasteiger partial charge is 0.328 e. The van der Waals surface area contributed by atoms with Crippen LogP contribution in [0.4, 0.5) is 0 Å². The first-order chi connectivity index (χ1) is 9.04. The van der Waals surface area contributed by atoms with Gasteiger partial charge >= 0.3 is 5.97 Å². The maximum atomic E-state index is 12.0. The van der Waals surface area contributed by atoms with Gasteiger partial charge in [-0.3, -0.25) is 4.79 Å². The molecule has 0 aliphatic rings. The van der Waals surface area contributed by atoms with Crippen molar-refractivity contribution in [2.75, 3.05) is 13.6 Å². The molecule has 0 fully saturated rings. The minimum Gasteiger partial charge on any atom is -0.478 e. The van der Waals surface area contributed by atoms with Crippen molar-refractivity contribution in [3.8, 4) is 6.07 Å². The summed E-state index contributed by atoms with van der Waals surface area (Å²) in [6.07, 6.45) is 2.72. The molecule has 0 aliphatic carbocycles. The zero-order valence-electron chi connectivity index (χ0n) is 10.5. The summed E-state index contributed by atoms with van der Waals surface area (Å²) in [5, 5.41) is 17.0. The normalized spacial score (nSPS) is 10.1. The Morgan fingerprint density at radius 2 is 2.21 bits per heavy atom. The first-order valence-corrected chi connectivity index (χ1v) is 5.68. The summed E-state index contributed by atoms with van der Waals surface area (Å²) >= 11 is 0. The maximum absolute atomic E-state index is 12.0. The number of nitrogens with zero attached hydrogens (tertiary/aromatic N) is 2. The molecule has 19 heavy (non-hydrogen) atoms. The molecule has 1 aromatic rings. The maximum Gasteiger partial charge on any atom is 0.328 e. The summed E-state index contributed by atoms with van der Waals surface area (Å²) in [7, 11) is 1.62. The molecule has 0 radical (unpaired) electrons. The van der Waals surface area contributed by atoms with E-state index in [-0.39, 0.29) is 12.3 Å². The minimum absolute atomic E-state index is 0.194. The van der Waals surface area contributed by atoms with Crippen LogP contribution in [-0.2, 0) is 4.79 Å². The summed E-state index contributed by atoms with van der Waals surface area (Å²) in [6.45, 7) is 0.366. The van der Waals surface area contributed by atoms with E-state index in [1.807, 2.05) is 6.07 Å². The highest BCUT2D eigenvalue weighted by molar-refractivity contribution is 5.95. The van der Waals surface area contributed by atoms with Gasteiger partial charge in [-0.1, -0.05) is 12.1 Å². The van der Waals surface area contributed by atoms with E-state index in [0.29, 0.717) is 17.7 Å². The molecule has 0 atom stereocenters. The molecule has 5 nitrogen and oxygen atoms in total. The zero-order valence-corrected chi connectivity index (χ0v) is 10.5. The SMILES string of the molecule is CN(CCC#N)C(=O)c1cccc(/C=C/C(=O)O)c1. The van der Waals surface area contributed by atoms with Gasteiger partial charge in [0, 0.05) is 25.2 Å². The Hall–Kier alpha value is -2.61. The van der Waals surface area contributed by atoms with Crippen LogP contribution in [0.15, 0.2) is 30.3 Å². The number of aliphatic carboxylic acids is 1. The van der Waals surface area contributed by atoms with Gasteiger partial charge in [-0.15, -0.1) is 0 Å². The highest BCUT2D eigenvalue weighted by Gasteiger charge is 2.11. The van der Waals surface area contributed by atoms with E-state index in [9.17, 15) is 9.59 Å². The van der Waals surface area contributed by atoms with E-state index in [1.165, 1.54) is 11.0 Å². The molecule has 5 heteroatoms. The number of benzene rings is 1. The van der Waals surface area contributed by atoms with Crippen molar-refractivity contribution in [1.29, 1.82) is 5.26 Å². The van der Waals surface area contributed by atoms with E-state index in [1.54, 1.807) is 31.3 Å². The lowest BCUT2D eigenvalue weighted by atomic mass is 10.1. The van der Waals surface area contributed by atoms with Crippen LogP contribution in [0.5, 0.6) is 0 Å². The average Bonchev–Trinajstić information content (AvgIpc) is 2.42. The number of carboxylic acids is 1. The fraction of sp³-hybridized carbons (Fsp3) is 0.214. The largest absolute Gasteiger partial charge is 0.478 e. The summed E-state index contributed by atoms with van der Waals surface area (Å²) in [5.74, 6) is -1.23. The van der Waals surface area contributed by atoms with E-state index in [2.05, 4.69) is 0 Å². The van der Waals surface area contributed by atoms with Gasteiger partial charge in [-0.25, -0.2) is 4.79 Å². The van der Waals surface area contributed by atoms with Crippen LogP contribution in [0.3, 0.4) is 0 Å². The minimum atomic E-state index is -1.04. The molecule has 0 aliphatic heterocycles. The highest BCUT2D eigenvalue weighted by atomic mass is 16.4. The van der Waals surface area contributed by atoms with Gasteiger partial charge in [0.1, 0.15) is 0 Å². The molecule has 1 amide bonds. The molecule has 0 saturated heterocycles. The lowest BCUT2D eigenvalue weighted by molar-refractivity contribution is -0.131. The first-order valence-electron chi connectivity index (χ1n) is 5.68. The van der Waals surface area contributed by atoms with Gasteiger partial charge in [-0.2, -0.15) is 5.26 Å². The third-order valence-corrected chi connectivity index (χ3v) is 2.46. The van der Waals surface area contributed by atoms with E-state index in [0.717, 1.165) is 6.08 Å². The van der Waals surface area contributed by atoms with Gasteiger partial charge in [0.15, 0.2) is 0 Å². The van der Waals surface area contributed by atoms with Gasteiger partial charge < -0.3 is 10.0 Å². The van der Waals surface area contributed by atoms with Crippen molar-refractivity contribution in [1.82, 2.24) is 4.90 Å². The highest BCUT2D eigenvalue weighted by Crippen LogP contribution is 2.09. The molecule has 0 heterocycles. The number of carbonyl (C=O) groups excluding carboxylic acids is 1. The number of hydrogen-bond acceptors (Lipinski definition) is 3. The third-order valence-electron chi connectivity index (χ3n) is 2.46. The van der Waals surface area contributed by atoms with E-state index >= 15 is 0 Å². The van der Waals surface area contributed by atoms with Crippen LogP contribution in [0.25, 0.3) is 6.08 Å². The average molecular weight is 258 g/mol. The number of rotatable bonds is 5. The second kappa shape index (κ2) is 6.97. The van der Waals surface area contributed by atoms with Crippen LogP contribution < -0.4 is 0 Å². The van der Waals surface area contributed by atoms with Gasteiger partial charge in [0.05, 0.1) is 12.5 Å². The Balaban J connectivity index is 2.84. The van der Waals surface area contributed by atoms with Gasteiger partial charge in [-0.05, 0) is 23.8 Å². The van der Waals surface area contributed by atoms with Gasteiger partial charge in [0.25, 0.3) is 5.91 Å². The third kappa shape index (κ3) is 4.64. The molecule has 0 bridgehead atoms. The number of amides is 1. The predicted octanol–water partition coefficient (Wildman–Crippen LogP) is 1.77. The number of hydrogen-bond donors (Lipinski definition) is 1. The van der Waals surface area contributed by atoms with Crippen molar-refractivity contribution in [2.24, 2.45) is 0 Å². The fourth-order valence-corrected chi connectivity index (χ4v) is 1.48. The van der Waals surface area contributed by atoms with E-state index < -0.39 is 5.97 Å². The lowest BCUT2D eigenvalue weighted by Crippen LogP contribution is -2.27. The molecule has 1 N–H and O–H groups in total. The monoisotopic (exact) mass is 258 g/mol. The predicted molar refractivity (Wildman–Crippen MR) is 70.3 cm³/mol. The Bertz CT molecular complexity index is 544. The fourth-order valence-electron chi connectivity index (χ4n) is 1.48. The summed E-state index contributed by atoms with van der Waals surface area (Å²) in [5.41, 5.74) is 1.11. The van der Waals surface area contributed by atoms with E-state index in [4.69, 9.17) is 10.4 Å². The zero-order chi connectivity index (χ0) is 14.3. The summed E-state index contributed by atoms with van der Waals surface area (Å²) in [4.78, 5) is 23.9. The van der Waals surface area contributed by atoms with Crippen molar-refractivity contribution in [3.05, 3.63) is 41.5 Å². The second-order valence-corrected chi connectivity index (χ2v) is 3.93. The van der Waals surface area contributed by atoms with Crippen LogP contribution in [0.2, 0.25) is 0 Å². The Morgan fingerprint density at radius 1 is 1.47 bits per heavy atom. The molecule has 0 saturated carbocycles. The van der Waals surface area contributed by atoms with Crippen molar-refractivity contribution in [2.45, 2.75) is 6.42 Å². The lowest BCUT2D eigenvalue weighted by Gasteiger charge is -2.15. The molecular formula is C14H14N2O3. The Kier molecular flexibility index (Phi) is 5.30. The van der Waals surface area contributed by atoms with Crippen LogP contribution in [0, 0.1) is 11.3 Å². The molecular weight excluding hydrogens is 244 g/mol. The topological polar surface area (TPSA) is 81.4 Å². The van der Waals surface area contributed by atoms with Crippen molar-refractivity contribution >= 4 is 18.0 Å². The van der Waals surface area contributed by atoms with Crippen LogP contribution in [-0.4, -0.2) is 35.5 Å². The molecule has 98 valence electrons. The quantitative estimate of drug-likeness (QED) is 0.816. The van der Waals surface area contributed by atoms with Crippen molar-refractivity contribution in [3.63, 3.8) is 0 Å². The van der Waals surface area contributed by atoms with Gasteiger partial charge in [0.2, 0.25) is 0 Å². The molecule has 0 spiro atoms. The second-order valence-electron chi connectivity index (χ2n) is 3.93. The Labute approximate surface area is 111 Å². The number of carboxylic acid groups (broad SMARTS) is 1. The first kappa shape index (κ1) is 14.5. The molecule has 0 unspecified atom stereocenters. The molecule has 1 rings (SSSR count). The molecule has 0 aromatic heterocycles. The summed E-state index contributed by atoms with van der Waals surface area (Å²) in [6, 6.07) is 8.65. The van der Waals surface area contributed by atoms with Crippen LogP contribution >= 0.6 is 0 Å². The van der Waals surface area contributed by atoms with Crippen LogP contribution in [0.1, 0.15) is 22.3 Å². The van der Waals surface area contributed by atoms with Crippen molar-refractivity contribution < 1.29 is 14.7 Å².